The maximum absolute atomic E-state index is 12.8. The van der Waals surface area contributed by atoms with E-state index in [2.05, 4.69) is 5.10 Å². The second-order valence-electron chi connectivity index (χ2n) is 3.87. The molecule has 1 amide bonds. The highest BCUT2D eigenvalue weighted by Gasteiger charge is 2.25. The Balaban J connectivity index is 1.96. The molecule has 3 rings (SSSR count). The molecule has 0 fully saturated rings. The Kier molecular flexibility index (Phi) is 2.18. The summed E-state index contributed by atoms with van der Waals surface area (Å²) in [6.45, 7) is 1.21. The summed E-state index contributed by atoms with van der Waals surface area (Å²) in [4.78, 5) is 13.8. The third kappa shape index (κ3) is 1.60. The van der Waals surface area contributed by atoms with Crippen LogP contribution in [0, 0.1) is 5.82 Å². The molecule has 1 aliphatic rings. The molecule has 0 unspecified atom stereocenters. The third-order valence-electron chi connectivity index (χ3n) is 2.85. The SMILES string of the molecule is O=C1c2ccnn2CCN1c1ccc(F)cc1. The molecule has 0 bridgehead atoms. The molecular formula is C12H10FN3O. The second-order valence-corrected chi connectivity index (χ2v) is 3.87. The lowest BCUT2D eigenvalue weighted by atomic mass is 10.2. The Bertz CT molecular complexity index is 561. The summed E-state index contributed by atoms with van der Waals surface area (Å²) in [5.74, 6) is -0.399. The van der Waals surface area contributed by atoms with Crippen molar-refractivity contribution in [3.8, 4) is 0 Å². The maximum Gasteiger partial charge on any atom is 0.276 e. The lowest BCUT2D eigenvalue weighted by molar-refractivity contribution is 0.0962. The van der Waals surface area contributed by atoms with Gasteiger partial charge in [-0.1, -0.05) is 0 Å². The molecule has 17 heavy (non-hydrogen) atoms. The van der Waals surface area contributed by atoms with Crippen LogP contribution in [-0.4, -0.2) is 22.2 Å². The van der Waals surface area contributed by atoms with E-state index >= 15 is 0 Å². The first-order valence-corrected chi connectivity index (χ1v) is 5.35. The van der Waals surface area contributed by atoms with E-state index in [1.807, 2.05) is 0 Å². The number of aromatic nitrogens is 2. The number of nitrogens with zero attached hydrogens (tertiary/aromatic N) is 3. The van der Waals surface area contributed by atoms with Crippen LogP contribution in [0.4, 0.5) is 10.1 Å². The van der Waals surface area contributed by atoms with Gasteiger partial charge in [0.15, 0.2) is 0 Å². The number of carbonyl (C=O) groups excluding carboxylic acids is 1. The molecule has 5 heteroatoms. The van der Waals surface area contributed by atoms with Crippen LogP contribution < -0.4 is 4.90 Å². The summed E-state index contributed by atoms with van der Waals surface area (Å²) in [6.07, 6.45) is 1.61. The van der Waals surface area contributed by atoms with Crippen molar-refractivity contribution in [2.24, 2.45) is 0 Å². The number of halogens is 1. The van der Waals surface area contributed by atoms with Crippen molar-refractivity contribution in [2.75, 3.05) is 11.4 Å². The van der Waals surface area contributed by atoms with Gasteiger partial charge >= 0.3 is 0 Å². The molecule has 0 saturated heterocycles. The van der Waals surface area contributed by atoms with E-state index in [0.717, 1.165) is 0 Å². The van der Waals surface area contributed by atoms with Gasteiger partial charge in [-0.25, -0.2) is 4.39 Å². The topological polar surface area (TPSA) is 38.1 Å². The number of carbonyl (C=O) groups is 1. The quantitative estimate of drug-likeness (QED) is 0.749. The van der Waals surface area contributed by atoms with E-state index in [4.69, 9.17) is 0 Å². The first kappa shape index (κ1) is 10.0. The molecule has 1 aromatic heterocycles. The summed E-state index contributed by atoms with van der Waals surface area (Å²) in [5, 5.41) is 4.06. The van der Waals surface area contributed by atoms with Gasteiger partial charge in [-0.2, -0.15) is 5.10 Å². The molecule has 0 saturated carbocycles. The summed E-state index contributed by atoms with van der Waals surface area (Å²) in [7, 11) is 0. The molecule has 4 nitrogen and oxygen atoms in total. The smallest absolute Gasteiger partial charge is 0.276 e. The van der Waals surface area contributed by atoms with Crippen molar-refractivity contribution >= 4 is 11.6 Å². The first-order valence-electron chi connectivity index (χ1n) is 5.35. The van der Waals surface area contributed by atoms with Crippen LogP contribution in [-0.2, 0) is 6.54 Å². The maximum atomic E-state index is 12.8. The molecule has 2 heterocycles. The van der Waals surface area contributed by atoms with Gasteiger partial charge in [0, 0.05) is 18.4 Å². The minimum absolute atomic E-state index is 0.0969. The number of anilines is 1. The number of amides is 1. The predicted octanol–water partition coefficient (Wildman–Crippen LogP) is 1.68. The highest BCUT2D eigenvalue weighted by Crippen LogP contribution is 2.20. The summed E-state index contributed by atoms with van der Waals surface area (Å²) >= 11 is 0. The summed E-state index contributed by atoms with van der Waals surface area (Å²) in [6, 6.07) is 7.62. The Morgan fingerprint density at radius 2 is 1.88 bits per heavy atom. The summed E-state index contributed by atoms with van der Waals surface area (Å²) in [5.41, 5.74) is 1.28. The van der Waals surface area contributed by atoms with Crippen LogP contribution in [0.3, 0.4) is 0 Å². The monoisotopic (exact) mass is 231 g/mol. The van der Waals surface area contributed by atoms with Gasteiger partial charge < -0.3 is 4.90 Å². The van der Waals surface area contributed by atoms with E-state index < -0.39 is 0 Å². The zero-order valence-electron chi connectivity index (χ0n) is 9.01. The summed E-state index contributed by atoms with van der Waals surface area (Å²) < 4.78 is 14.5. The van der Waals surface area contributed by atoms with Crippen LogP contribution in [0.2, 0.25) is 0 Å². The zero-order valence-corrected chi connectivity index (χ0v) is 9.01. The van der Waals surface area contributed by atoms with E-state index in [-0.39, 0.29) is 11.7 Å². The third-order valence-corrected chi connectivity index (χ3v) is 2.85. The minimum atomic E-state index is -0.303. The molecule has 1 aliphatic heterocycles. The lowest BCUT2D eigenvalue weighted by Crippen LogP contribution is -2.40. The number of benzene rings is 1. The van der Waals surface area contributed by atoms with E-state index in [1.54, 1.807) is 34.0 Å². The number of hydrogen-bond donors (Lipinski definition) is 0. The Morgan fingerprint density at radius 3 is 2.65 bits per heavy atom. The number of fused-ring (bicyclic) bond motifs is 1. The molecule has 0 radical (unpaired) electrons. The highest BCUT2D eigenvalue weighted by molar-refractivity contribution is 6.05. The van der Waals surface area contributed by atoms with Crippen molar-refractivity contribution in [1.82, 2.24) is 9.78 Å². The van der Waals surface area contributed by atoms with E-state index in [1.165, 1.54) is 12.1 Å². The minimum Gasteiger partial charge on any atom is -0.305 e. The van der Waals surface area contributed by atoms with Crippen molar-refractivity contribution < 1.29 is 9.18 Å². The lowest BCUT2D eigenvalue weighted by Gasteiger charge is -2.27. The van der Waals surface area contributed by atoms with Gasteiger partial charge in [-0.3, -0.25) is 9.48 Å². The van der Waals surface area contributed by atoms with Gasteiger partial charge in [-0.05, 0) is 30.3 Å². The van der Waals surface area contributed by atoms with Crippen LogP contribution in [0.25, 0.3) is 0 Å². The Hall–Kier alpha value is -2.17. The molecule has 1 aromatic carbocycles. The van der Waals surface area contributed by atoms with Gasteiger partial charge in [0.2, 0.25) is 0 Å². The Labute approximate surface area is 97.3 Å². The van der Waals surface area contributed by atoms with Crippen LogP contribution in [0.1, 0.15) is 10.5 Å². The number of rotatable bonds is 1. The van der Waals surface area contributed by atoms with Crippen molar-refractivity contribution in [3.63, 3.8) is 0 Å². The van der Waals surface area contributed by atoms with E-state index in [0.29, 0.717) is 24.5 Å². The molecule has 86 valence electrons. The molecule has 0 aliphatic carbocycles. The largest absolute Gasteiger partial charge is 0.305 e. The van der Waals surface area contributed by atoms with Crippen molar-refractivity contribution in [2.45, 2.75) is 6.54 Å². The molecule has 0 atom stereocenters. The van der Waals surface area contributed by atoms with Gasteiger partial charge in [0.05, 0.1) is 6.54 Å². The van der Waals surface area contributed by atoms with Crippen molar-refractivity contribution in [1.29, 1.82) is 0 Å². The normalized spacial score (nSPS) is 14.9. The average molecular weight is 231 g/mol. The van der Waals surface area contributed by atoms with Gasteiger partial charge in [0.25, 0.3) is 5.91 Å². The van der Waals surface area contributed by atoms with Gasteiger partial charge in [-0.15, -0.1) is 0 Å². The molecule has 2 aromatic rings. The van der Waals surface area contributed by atoms with Gasteiger partial charge in [0.1, 0.15) is 11.5 Å². The zero-order chi connectivity index (χ0) is 11.8. The fraction of sp³-hybridized carbons (Fsp3) is 0.167. The second kappa shape index (κ2) is 3.69. The van der Waals surface area contributed by atoms with Crippen molar-refractivity contribution in [3.05, 3.63) is 48.0 Å². The predicted molar refractivity (Wildman–Crippen MR) is 60.3 cm³/mol. The van der Waals surface area contributed by atoms with E-state index in [9.17, 15) is 9.18 Å². The van der Waals surface area contributed by atoms with Crippen LogP contribution in [0.15, 0.2) is 36.5 Å². The van der Waals surface area contributed by atoms with Crippen LogP contribution in [0.5, 0.6) is 0 Å². The fourth-order valence-corrected chi connectivity index (χ4v) is 1.99. The average Bonchev–Trinajstić information content (AvgIpc) is 2.80. The molecule has 0 N–H and O–H groups in total. The fourth-order valence-electron chi connectivity index (χ4n) is 1.99. The first-order chi connectivity index (χ1) is 8.25. The van der Waals surface area contributed by atoms with Crippen LogP contribution >= 0.6 is 0 Å². The Morgan fingerprint density at radius 1 is 1.12 bits per heavy atom. The number of hydrogen-bond acceptors (Lipinski definition) is 2. The standard InChI is InChI=1S/C12H10FN3O/c13-9-1-3-10(4-2-9)15-7-8-16-11(12(15)17)5-6-14-16/h1-6H,7-8H2. The molecule has 0 spiro atoms. The highest BCUT2D eigenvalue weighted by atomic mass is 19.1. The molecular weight excluding hydrogens is 221 g/mol.